The van der Waals surface area contributed by atoms with Crippen molar-refractivity contribution >= 4 is 44.2 Å². The number of fused-ring (bicyclic) bond motifs is 6. The first kappa shape index (κ1) is 30.5. The number of benzene rings is 4. The Labute approximate surface area is 254 Å². The molecule has 1 amide bonds. The first-order chi connectivity index (χ1) is 19.3. The highest BCUT2D eigenvalue weighted by Crippen LogP contribution is 2.37. The lowest BCUT2D eigenvalue weighted by molar-refractivity contribution is -0.882. The number of carbonyl (C=O) groups is 1. The molecule has 0 aliphatic rings. The molecule has 7 heteroatoms. The second-order valence-corrected chi connectivity index (χ2v) is 11.7. The third-order valence-electron chi connectivity index (χ3n) is 7.80. The van der Waals surface area contributed by atoms with E-state index < -0.39 is 0 Å². The predicted molar refractivity (Wildman–Crippen MR) is 169 cm³/mol. The maximum Gasteiger partial charge on any atom is 0.275 e. The summed E-state index contributed by atoms with van der Waals surface area (Å²) >= 11 is 0. The SMILES string of the molecule is CCCNC(=O)C[N+](C)(C)CCCCn1c(-c2ccc(N(C)C)cc2)nc2c3ccccc3c3ccccc3c21.[Br-]. The standard InChI is InChI=1S/C34H41N5O.BrH/c1-6-21-35-31(40)24-39(4,5)23-12-11-22-38-33-30-16-10-8-14-28(30)27-13-7-9-15-29(27)32(33)36-34(38)25-17-19-26(20-18-25)37(2)3;/h7-10,13-20H,6,11-12,21-24H2,1-5H3;1H. The van der Waals surface area contributed by atoms with Gasteiger partial charge in [0.25, 0.3) is 5.91 Å². The summed E-state index contributed by atoms with van der Waals surface area (Å²) in [5.74, 6) is 1.14. The molecule has 1 heterocycles. The van der Waals surface area contributed by atoms with Crippen LogP contribution < -0.4 is 27.2 Å². The first-order valence-corrected chi connectivity index (χ1v) is 14.4. The van der Waals surface area contributed by atoms with Gasteiger partial charge in [-0.15, -0.1) is 0 Å². The van der Waals surface area contributed by atoms with Crippen molar-refractivity contribution in [1.82, 2.24) is 14.9 Å². The Bertz CT molecular complexity index is 1640. The van der Waals surface area contributed by atoms with Crippen LogP contribution in [-0.4, -0.2) is 67.8 Å². The zero-order valence-corrected chi connectivity index (χ0v) is 26.5. The van der Waals surface area contributed by atoms with Gasteiger partial charge in [0.2, 0.25) is 0 Å². The lowest BCUT2D eigenvalue weighted by Crippen LogP contribution is -3.00. The van der Waals surface area contributed by atoms with Gasteiger partial charge in [-0.2, -0.15) is 0 Å². The van der Waals surface area contributed by atoms with Gasteiger partial charge >= 0.3 is 0 Å². The minimum atomic E-state index is 0. The highest BCUT2D eigenvalue weighted by Gasteiger charge is 2.21. The van der Waals surface area contributed by atoms with E-state index in [2.05, 4.69) is 123 Å². The lowest BCUT2D eigenvalue weighted by atomic mass is 10.00. The van der Waals surface area contributed by atoms with E-state index in [9.17, 15) is 4.79 Å². The number of anilines is 1. The zero-order valence-electron chi connectivity index (χ0n) is 25.0. The van der Waals surface area contributed by atoms with Gasteiger partial charge in [0.05, 0.1) is 31.7 Å². The summed E-state index contributed by atoms with van der Waals surface area (Å²) < 4.78 is 3.12. The van der Waals surface area contributed by atoms with E-state index in [-0.39, 0.29) is 22.9 Å². The van der Waals surface area contributed by atoms with E-state index in [1.54, 1.807) is 0 Å². The number of amides is 1. The molecule has 4 aromatic carbocycles. The van der Waals surface area contributed by atoms with Crippen molar-refractivity contribution in [1.29, 1.82) is 0 Å². The van der Waals surface area contributed by atoms with E-state index in [0.717, 1.165) is 55.8 Å². The normalized spacial score (nSPS) is 11.6. The van der Waals surface area contributed by atoms with Crippen molar-refractivity contribution in [2.45, 2.75) is 32.7 Å². The van der Waals surface area contributed by atoms with E-state index in [1.807, 2.05) is 0 Å². The summed E-state index contributed by atoms with van der Waals surface area (Å²) in [5, 5.41) is 7.95. The molecule has 0 saturated heterocycles. The van der Waals surface area contributed by atoms with Crippen LogP contribution in [0.2, 0.25) is 0 Å². The van der Waals surface area contributed by atoms with Crippen LogP contribution in [0.5, 0.6) is 0 Å². The molecule has 216 valence electrons. The summed E-state index contributed by atoms with van der Waals surface area (Å²) in [5.41, 5.74) is 4.56. The van der Waals surface area contributed by atoms with Crippen molar-refractivity contribution in [2.75, 3.05) is 52.7 Å². The van der Waals surface area contributed by atoms with Crippen LogP contribution in [0.1, 0.15) is 26.2 Å². The average molecular weight is 617 g/mol. The largest absolute Gasteiger partial charge is 1.00 e. The minimum absolute atomic E-state index is 0. The molecule has 0 fully saturated rings. The van der Waals surface area contributed by atoms with Gasteiger partial charge in [-0.3, -0.25) is 4.79 Å². The number of imidazole rings is 1. The lowest BCUT2D eigenvalue weighted by Gasteiger charge is -2.29. The highest BCUT2D eigenvalue weighted by atomic mass is 79.9. The fourth-order valence-corrected chi connectivity index (χ4v) is 5.71. The van der Waals surface area contributed by atoms with Gasteiger partial charge in [-0.1, -0.05) is 55.5 Å². The second-order valence-electron chi connectivity index (χ2n) is 11.7. The third-order valence-corrected chi connectivity index (χ3v) is 7.80. The topological polar surface area (TPSA) is 50.2 Å². The van der Waals surface area contributed by atoms with Gasteiger partial charge in [0, 0.05) is 49.2 Å². The fourth-order valence-electron chi connectivity index (χ4n) is 5.71. The van der Waals surface area contributed by atoms with E-state index >= 15 is 0 Å². The molecule has 5 aromatic rings. The maximum atomic E-state index is 12.3. The Morgan fingerprint density at radius 1 is 0.878 bits per heavy atom. The summed E-state index contributed by atoms with van der Waals surface area (Å²) in [4.78, 5) is 19.8. The molecule has 0 spiro atoms. The van der Waals surface area contributed by atoms with Crippen molar-refractivity contribution in [2.24, 2.45) is 0 Å². The maximum absolute atomic E-state index is 12.3. The second kappa shape index (κ2) is 13.0. The Morgan fingerprint density at radius 2 is 1.49 bits per heavy atom. The van der Waals surface area contributed by atoms with E-state index in [0.29, 0.717) is 11.0 Å². The first-order valence-electron chi connectivity index (χ1n) is 14.4. The molecule has 0 radical (unpaired) electrons. The summed E-state index contributed by atoms with van der Waals surface area (Å²) in [6.45, 7) is 5.15. The Balaban J connectivity index is 0.00000387. The molecule has 0 aliphatic heterocycles. The van der Waals surface area contributed by atoms with E-state index in [1.165, 1.54) is 32.7 Å². The van der Waals surface area contributed by atoms with Crippen LogP contribution in [0.15, 0.2) is 72.8 Å². The molecular formula is C34H42BrN5O. The molecule has 0 aliphatic carbocycles. The number of unbranched alkanes of at least 4 members (excludes halogenated alkanes) is 1. The molecule has 1 N–H and O–H groups in total. The number of aryl methyl sites for hydroxylation is 1. The van der Waals surface area contributed by atoms with Crippen LogP contribution in [-0.2, 0) is 11.3 Å². The van der Waals surface area contributed by atoms with Crippen LogP contribution in [0.25, 0.3) is 44.0 Å². The number of hydrogen-bond donors (Lipinski definition) is 1. The monoisotopic (exact) mass is 615 g/mol. The fraction of sp³-hybridized carbons (Fsp3) is 0.353. The van der Waals surface area contributed by atoms with Crippen molar-refractivity contribution in [3.8, 4) is 11.4 Å². The quantitative estimate of drug-likeness (QED) is 0.141. The molecular weight excluding hydrogens is 574 g/mol. The smallest absolute Gasteiger partial charge is 0.275 e. The number of quaternary nitrogens is 1. The van der Waals surface area contributed by atoms with Crippen LogP contribution in [0, 0.1) is 0 Å². The molecule has 41 heavy (non-hydrogen) atoms. The van der Waals surface area contributed by atoms with Crippen LogP contribution in [0.3, 0.4) is 0 Å². The van der Waals surface area contributed by atoms with Crippen LogP contribution >= 0.6 is 0 Å². The molecule has 6 nitrogen and oxygen atoms in total. The van der Waals surface area contributed by atoms with Crippen molar-refractivity contribution in [3.63, 3.8) is 0 Å². The zero-order chi connectivity index (χ0) is 28.3. The molecule has 1 aromatic heterocycles. The number of nitrogens with one attached hydrogen (secondary N) is 1. The predicted octanol–water partition coefficient (Wildman–Crippen LogP) is 3.46. The van der Waals surface area contributed by atoms with Crippen molar-refractivity contribution < 1.29 is 26.3 Å². The summed E-state index contributed by atoms with van der Waals surface area (Å²) in [6, 6.07) is 26.0. The molecule has 0 saturated carbocycles. The van der Waals surface area contributed by atoms with E-state index in [4.69, 9.17) is 4.98 Å². The van der Waals surface area contributed by atoms with Gasteiger partial charge in [0.15, 0.2) is 6.54 Å². The Hall–Kier alpha value is -3.42. The Kier molecular flexibility index (Phi) is 9.72. The van der Waals surface area contributed by atoms with Gasteiger partial charge in [0.1, 0.15) is 5.82 Å². The van der Waals surface area contributed by atoms with Gasteiger partial charge < -0.3 is 36.2 Å². The Morgan fingerprint density at radius 3 is 2.12 bits per heavy atom. The number of likely N-dealkylation sites (N-methyl/N-ethyl adjacent to an activating group) is 1. The number of nitrogens with zero attached hydrogens (tertiary/aromatic N) is 4. The average Bonchev–Trinajstić information content (AvgIpc) is 3.34. The molecule has 5 rings (SSSR count). The van der Waals surface area contributed by atoms with Gasteiger partial charge in [-0.25, -0.2) is 4.98 Å². The number of rotatable bonds is 11. The number of carbonyl (C=O) groups excluding carboxylic acids is 1. The molecule has 0 bridgehead atoms. The number of halogens is 1. The summed E-state index contributed by atoms with van der Waals surface area (Å²) in [6.07, 6.45) is 2.99. The van der Waals surface area contributed by atoms with Crippen LogP contribution in [0.4, 0.5) is 5.69 Å². The number of aromatic nitrogens is 2. The van der Waals surface area contributed by atoms with Gasteiger partial charge in [-0.05, 0) is 54.3 Å². The van der Waals surface area contributed by atoms with Crippen molar-refractivity contribution in [3.05, 3.63) is 72.8 Å². The summed E-state index contributed by atoms with van der Waals surface area (Å²) in [7, 11) is 8.43. The highest BCUT2D eigenvalue weighted by molar-refractivity contribution is 6.23. The number of hydrogen-bond acceptors (Lipinski definition) is 3. The molecule has 0 unspecified atom stereocenters. The minimum Gasteiger partial charge on any atom is -1.00 e. The molecule has 0 atom stereocenters. The third kappa shape index (κ3) is 6.57.